The van der Waals surface area contributed by atoms with Gasteiger partial charge in [0.15, 0.2) is 0 Å². The zero-order chi connectivity index (χ0) is 16.3. The number of nitro groups is 1. The predicted molar refractivity (Wildman–Crippen MR) is 87.4 cm³/mol. The van der Waals surface area contributed by atoms with Crippen LogP contribution < -0.4 is 4.52 Å². The fraction of sp³-hybridized carbons (Fsp3) is 0.214. The van der Waals surface area contributed by atoms with Gasteiger partial charge in [-0.3, -0.25) is 10.1 Å². The molecule has 0 heterocycles. The molecule has 0 aliphatic heterocycles. The Labute approximate surface area is 132 Å². The highest BCUT2D eigenvalue weighted by atomic mass is 32.1. The third kappa shape index (κ3) is 3.50. The van der Waals surface area contributed by atoms with Crippen molar-refractivity contribution in [2.75, 3.05) is 0 Å². The molecule has 116 valence electrons. The third-order valence-electron chi connectivity index (χ3n) is 3.14. The highest BCUT2D eigenvalue weighted by molar-refractivity contribution is 7.82. The van der Waals surface area contributed by atoms with Gasteiger partial charge in [-0.1, -0.05) is 31.3 Å². The molecule has 1 aromatic carbocycles. The average Bonchev–Trinajstić information content (AvgIpc) is 2.47. The zero-order valence-corrected chi connectivity index (χ0v) is 13.5. The van der Waals surface area contributed by atoms with Crippen LogP contribution in [0.15, 0.2) is 41.7 Å². The minimum absolute atomic E-state index is 0.0883. The SMILES string of the molecule is CCc1cc([N+](=O)[O-])ccc1OP(=O)(O)C1=CC=CCC1=S. The summed E-state index contributed by atoms with van der Waals surface area (Å²) in [5.41, 5.74) is 0.397. The average molecular weight is 339 g/mol. The van der Waals surface area contributed by atoms with Gasteiger partial charge in [-0.15, -0.1) is 0 Å². The van der Waals surface area contributed by atoms with E-state index in [1.807, 2.05) is 0 Å². The van der Waals surface area contributed by atoms with Crippen LogP contribution in [-0.2, 0) is 11.0 Å². The summed E-state index contributed by atoms with van der Waals surface area (Å²) in [6, 6.07) is 3.91. The molecule has 2 rings (SSSR count). The minimum Gasteiger partial charge on any atom is -0.421 e. The lowest BCUT2D eigenvalue weighted by molar-refractivity contribution is -0.384. The Balaban J connectivity index is 2.35. The molecule has 1 aliphatic carbocycles. The van der Waals surface area contributed by atoms with Crippen LogP contribution in [0.25, 0.3) is 0 Å². The second kappa shape index (κ2) is 6.52. The van der Waals surface area contributed by atoms with Crippen molar-refractivity contribution in [3.05, 3.63) is 57.4 Å². The normalized spacial score (nSPS) is 16.8. The Morgan fingerprint density at radius 1 is 1.50 bits per heavy atom. The van der Waals surface area contributed by atoms with Gasteiger partial charge in [-0.2, -0.15) is 0 Å². The maximum Gasteiger partial charge on any atom is 0.409 e. The fourth-order valence-electron chi connectivity index (χ4n) is 2.01. The van der Waals surface area contributed by atoms with Crippen molar-refractivity contribution in [2.45, 2.75) is 19.8 Å². The van der Waals surface area contributed by atoms with Gasteiger partial charge in [0.05, 0.1) is 10.2 Å². The van der Waals surface area contributed by atoms with Gasteiger partial charge in [-0.05, 0) is 18.6 Å². The van der Waals surface area contributed by atoms with Crippen LogP contribution in [0.4, 0.5) is 5.69 Å². The van der Waals surface area contributed by atoms with E-state index < -0.39 is 12.5 Å². The van der Waals surface area contributed by atoms with E-state index in [4.69, 9.17) is 16.7 Å². The Kier molecular flexibility index (Phi) is 4.90. The fourth-order valence-corrected chi connectivity index (χ4v) is 3.75. The van der Waals surface area contributed by atoms with Gasteiger partial charge in [-0.25, -0.2) is 4.57 Å². The van der Waals surface area contributed by atoms with Crippen LogP contribution in [0, 0.1) is 10.1 Å². The molecule has 0 spiro atoms. The summed E-state index contributed by atoms with van der Waals surface area (Å²) in [6.45, 7) is 1.78. The molecular formula is C14H14NO5PS. The molecule has 1 atom stereocenters. The van der Waals surface area contributed by atoms with Crippen LogP contribution >= 0.6 is 19.8 Å². The van der Waals surface area contributed by atoms with E-state index in [1.54, 1.807) is 19.1 Å². The number of benzene rings is 1. The number of thiocarbonyl (C=S) groups is 1. The largest absolute Gasteiger partial charge is 0.421 e. The Hall–Kier alpha value is -1.82. The molecule has 0 fully saturated rings. The van der Waals surface area contributed by atoms with E-state index >= 15 is 0 Å². The van der Waals surface area contributed by atoms with E-state index in [9.17, 15) is 19.6 Å². The quantitative estimate of drug-likeness (QED) is 0.378. The molecule has 0 saturated carbocycles. The van der Waals surface area contributed by atoms with Crippen LogP contribution in [0.1, 0.15) is 18.9 Å². The number of allylic oxidation sites excluding steroid dienone is 4. The van der Waals surface area contributed by atoms with Gasteiger partial charge in [0, 0.05) is 29.0 Å². The molecule has 0 bridgehead atoms. The summed E-state index contributed by atoms with van der Waals surface area (Å²) in [6.07, 6.45) is 5.74. The molecule has 0 amide bonds. The molecule has 8 heteroatoms. The van der Waals surface area contributed by atoms with Gasteiger partial charge in [0.1, 0.15) is 5.75 Å². The summed E-state index contributed by atoms with van der Waals surface area (Å²) in [5.74, 6) is 0.150. The predicted octanol–water partition coefficient (Wildman–Crippen LogP) is 3.94. The molecule has 0 radical (unpaired) electrons. The standard InChI is InChI=1S/C14H14NO5PS/c1-2-10-9-11(15(16)17)7-8-12(10)20-21(18,19)13-5-3-4-6-14(13)22/h3-5,7-9H,2,6H2,1H3,(H,18,19). The zero-order valence-electron chi connectivity index (χ0n) is 11.8. The van der Waals surface area contributed by atoms with Crippen molar-refractivity contribution in [1.29, 1.82) is 0 Å². The Morgan fingerprint density at radius 2 is 2.23 bits per heavy atom. The molecule has 1 N–H and O–H groups in total. The highest BCUT2D eigenvalue weighted by Crippen LogP contribution is 2.53. The third-order valence-corrected chi connectivity index (χ3v) is 5.15. The van der Waals surface area contributed by atoms with Crippen molar-refractivity contribution in [1.82, 2.24) is 0 Å². The molecule has 0 aromatic heterocycles. The molecule has 1 aliphatic rings. The molecule has 22 heavy (non-hydrogen) atoms. The van der Waals surface area contributed by atoms with Crippen LogP contribution in [-0.4, -0.2) is 14.7 Å². The van der Waals surface area contributed by atoms with Gasteiger partial charge < -0.3 is 9.42 Å². The number of non-ortho nitro benzene ring substituents is 1. The van der Waals surface area contributed by atoms with Crippen molar-refractivity contribution in [3.8, 4) is 5.75 Å². The van der Waals surface area contributed by atoms with Crippen molar-refractivity contribution >= 4 is 30.4 Å². The minimum atomic E-state index is -4.13. The van der Waals surface area contributed by atoms with E-state index in [-0.39, 0.29) is 16.8 Å². The van der Waals surface area contributed by atoms with E-state index in [2.05, 4.69) is 0 Å². The Bertz CT molecular complexity index is 741. The number of aryl methyl sites for hydroxylation is 1. The maximum atomic E-state index is 12.4. The van der Waals surface area contributed by atoms with Crippen molar-refractivity contribution in [3.63, 3.8) is 0 Å². The van der Waals surface area contributed by atoms with E-state index in [0.29, 0.717) is 23.3 Å². The molecule has 0 saturated heterocycles. The van der Waals surface area contributed by atoms with Crippen molar-refractivity contribution < 1.29 is 18.9 Å². The Morgan fingerprint density at radius 3 is 2.82 bits per heavy atom. The molecule has 1 unspecified atom stereocenters. The molecule has 6 nitrogen and oxygen atoms in total. The second-order valence-corrected chi connectivity index (χ2v) is 6.82. The van der Waals surface area contributed by atoms with E-state index in [1.165, 1.54) is 24.3 Å². The number of nitrogens with zero attached hydrogens (tertiary/aromatic N) is 1. The van der Waals surface area contributed by atoms with Gasteiger partial charge >= 0.3 is 7.60 Å². The number of rotatable bonds is 5. The highest BCUT2D eigenvalue weighted by Gasteiger charge is 2.31. The number of hydrogen-bond donors (Lipinski definition) is 1. The first kappa shape index (κ1) is 16.5. The lowest BCUT2D eigenvalue weighted by Crippen LogP contribution is -2.07. The van der Waals surface area contributed by atoms with Crippen molar-refractivity contribution in [2.24, 2.45) is 0 Å². The summed E-state index contributed by atoms with van der Waals surface area (Å²) in [4.78, 5) is 20.8. The lowest BCUT2D eigenvalue weighted by atomic mass is 10.1. The molecular weight excluding hydrogens is 325 g/mol. The van der Waals surface area contributed by atoms with Gasteiger partial charge in [0.25, 0.3) is 5.69 Å². The van der Waals surface area contributed by atoms with Crippen LogP contribution in [0.3, 0.4) is 0 Å². The summed E-state index contributed by atoms with van der Waals surface area (Å²) in [7, 11) is -4.13. The monoisotopic (exact) mass is 339 g/mol. The summed E-state index contributed by atoms with van der Waals surface area (Å²) < 4.78 is 17.7. The second-order valence-electron chi connectivity index (χ2n) is 4.62. The first-order chi connectivity index (χ1) is 10.3. The van der Waals surface area contributed by atoms with Crippen LogP contribution in [0.5, 0.6) is 5.75 Å². The summed E-state index contributed by atoms with van der Waals surface area (Å²) in [5, 5.41) is 10.9. The number of nitro benzene ring substituents is 1. The van der Waals surface area contributed by atoms with Gasteiger partial charge in [0.2, 0.25) is 0 Å². The lowest BCUT2D eigenvalue weighted by Gasteiger charge is -2.19. The van der Waals surface area contributed by atoms with E-state index in [0.717, 1.165) is 0 Å². The smallest absolute Gasteiger partial charge is 0.409 e. The molecule has 1 aromatic rings. The number of hydrogen-bond acceptors (Lipinski definition) is 5. The topological polar surface area (TPSA) is 89.7 Å². The first-order valence-electron chi connectivity index (χ1n) is 6.55. The summed E-state index contributed by atoms with van der Waals surface area (Å²) >= 11 is 5.09. The van der Waals surface area contributed by atoms with Crippen LogP contribution in [0.2, 0.25) is 0 Å². The first-order valence-corrected chi connectivity index (χ1v) is 8.54. The maximum absolute atomic E-state index is 12.4.